The zero-order valence-electron chi connectivity index (χ0n) is 4.78. The molecular weight excluding hydrogens is 140 g/mol. The van der Waals surface area contributed by atoms with Crippen LogP contribution in [-0.4, -0.2) is 18.6 Å². The van der Waals surface area contributed by atoms with E-state index in [-0.39, 0.29) is 0 Å². The summed E-state index contributed by atoms with van der Waals surface area (Å²) in [6.07, 6.45) is 1.80. The fraction of sp³-hybridized carbons (Fsp3) is 0. The van der Waals surface area contributed by atoms with Crippen LogP contribution in [0.2, 0.25) is 0 Å². The highest BCUT2D eigenvalue weighted by atomic mass is 28.4. The van der Waals surface area contributed by atoms with Crippen molar-refractivity contribution < 1.29 is 18.4 Å². The van der Waals surface area contributed by atoms with Gasteiger partial charge in [-0.05, 0) is 0 Å². The van der Waals surface area contributed by atoms with Crippen molar-refractivity contribution in [1.29, 1.82) is 0 Å². The van der Waals surface area contributed by atoms with Crippen LogP contribution in [0.15, 0.2) is 25.7 Å². The number of rotatable bonds is 4. The molecule has 0 aliphatic rings. The molecule has 0 aliphatic heterocycles. The van der Waals surface area contributed by atoms with Crippen molar-refractivity contribution in [2.75, 3.05) is 0 Å². The van der Waals surface area contributed by atoms with E-state index in [4.69, 9.17) is 9.59 Å². The van der Waals surface area contributed by atoms with Gasteiger partial charge in [-0.2, -0.15) is 0 Å². The van der Waals surface area contributed by atoms with Gasteiger partial charge >= 0.3 is 9.05 Å². The molecule has 0 aromatic heterocycles. The Labute approximate surface area is 54.1 Å². The van der Waals surface area contributed by atoms with E-state index in [1.165, 1.54) is 0 Å². The molecule has 0 bridgehead atoms. The Morgan fingerprint density at radius 1 is 1.11 bits per heavy atom. The zero-order chi connectivity index (χ0) is 7.33. The van der Waals surface area contributed by atoms with Gasteiger partial charge in [-0.3, -0.25) is 0 Å². The number of hydrogen-bond acceptors (Lipinski definition) is 4. The second-order valence-corrected chi connectivity index (χ2v) is 2.69. The molecule has 0 aromatic rings. The first-order chi connectivity index (χ1) is 4.12. The minimum atomic E-state index is -3.94. The summed E-state index contributed by atoms with van der Waals surface area (Å²) in [6.45, 7) is 6.21. The fourth-order valence-electron chi connectivity index (χ4n) is 0.245. The summed E-state index contributed by atoms with van der Waals surface area (Å²) in [5.41, 5.74) is 0. The normalized spacial score (nSPS) is 10.0. The van der Waals surface area contributed by atoms with Gasteiger partial charge in [0.15, 0.2) is 0 Å². The van der Waals surface area contributed by atoms with Crippen LogP contribution < -0.4 is 0 Å². The molecule has 5 heteroatoms. The Kier molecular flexibility index (Phi) is 3.00. The van der Waals surface area contributed by atoms with E-state index in [2.05, 4.69) is 22.0 Å². The predicted octanol–water partition coefficient (Wildman–Crippen LogP) is -0.273. The lowest BCUT2D eigenvalue weighted by molar-refractivity contribution is 0.0963. The molecule has 0 aromatic carbocycles. The summed E-state index contributed by atoms with van der Waals surface area (Å²) in [5, 5.41) is 0. The minimum Gasteiger partial charge on any atom is -0.479 e. The van der Waals surface area contributed by atoms with Gasteiger partial charge < -0.3 is 18.4 Å². The van der Waals surface area contributed by atoms with Crippen molar-refractivity contribution in [3.63, 3.8) is 0 Å². The highest BCUT2D eigenvalue weighted by Crippen LogP contribution is 1.97. The highest BCUT2D eigenvalue weighted by molar-refractivity contribution is 6.50. The summed E-state index contributed by atoms with van der Waals surface area (Å²) in [7, 11) is -3.94. The van der Waals surface area contributed by atoms with Gasteiger partial charge in [-0.1, -0.05) is 13.2 Å². The standard InChI is InChI=1S/C4H8O4Si/c1-3-7-9(5,6)8-4-2/h3-6H,1-2H2. The first-order valence-corrected chi connectivity index (χ1v) is 3.85. The zero-order valence-corrected chi connectivity index (χ0v) is 5.78. The van der Waals surface area contributed by atoms with Crippen LogP contribution in [0.3, 0.4) is 0 Å². The summed E-state index contributed by atoms with van der Waals surface area (Å²) < 4.78 is 8.38. The number of hydrogen-bond donors (Lipinski definition) is 2. The van der Waals surface area contributed by atoms with Crippen molar-refractivity contribution in [3.8, 4) is 0 Å². The third-order valence-electron chi connectivity index (χ3n) is 0.474. The molecule has 0 atom stereocenters. The molecule has 0 saturated heterocycles. The van der Waals surface area contributed by atoms with Gasteiger partial charge in [0.05, 0.1) is 12.5 Å². The van der Waals surface area contributed by atoms with Gasteiger partial charge in [-0.15, -0.1) is 0 Å². The van der Waals surface area contributed by atoms with Gasteiger partial charge in [0, 0.05) is 0 Å². The van der Waals surface area contributed by atoms with E-state index in [0.29, 0.717) is 0 Å². The van der Waals surface area contributed by atoms with E-state index in [1.807, 2.05) is 0 Å². The van der Waals surface area contributed by atoms with Crippen LogP contribution in [0.25, 0.3) is 0 Å². The van der Waals surface area contributed by atoms with Crippen molar-refractivity contribution in [3.05, 3.63) is 25.7 Å². The molecule has 0 unspecified atom stereocenters. The van der Waals surface area contributed by atoms with Crippen molar-refractivity contribution in [2.45, 2.75) is 0 Å². The first-order valence-electron chi connectivity index (χ1n) is 2.14. The van der Waals surface area contributed by atoms with E-state index in [9.17, 15) is 0 Å². The van der Waals surface area contributed by atoms with E-state index in [0.717, 1.165) is 12.5 Å². The Hall–Kier alpha value is -0.783. The van der Waals surface area contributed by atoms with E-state index >= 15 is 0 Å². The molecule has 0 rings (SSSR count). The Bertz CT molecular complexity index is 99.1. The van der Waals surface area contributed by atoms with Gasteiger partial charge in [-0.25, -0.2) is 0 Å². The Morgan fingerprint density at radius 2 is 1.44 bits per heavy atom. The summed E-state index contributed by atoms with van der Waals surface area (Å²) in [5.74, 6) is 0. The van der Waals surface area contributed by atoms with Crippen LogP contribution in [0.1, 0.15) is 0 Å². The molecule has 0 radical (unpaired) electrons. The van der Waals surface area contributed by atoms with Crippen molar-refractivity contribution in [2.24, 2.45) is 0 Å². The summed E-state index contributed by atoms with van der Waals surface area (Å²) in [4.78, 5) is 17.2. The molecule has 0 saturated carbocycles. The molecule has 0 aliphatic carbocycles. The maximum absolute atomic E-state index is 8.62. The Balaban J connectivity index is 3.68. The molecule has 2 N–H and O–H groups in total. The molecule has 52 valence electrons. The Morgan fingerprint density at radius 3 is 1.67 bits per heavy atom. The largest absolute Gasteiger partial charge is 0.814 e. The second-order valence-electron chi connectivity index (χ2n) is 1.12. The van der Waals surface area contributed by atoms with Crippen molar-refractivity contribution in [1.82, 2.24) is 0 Å². The van der Waals surface area contributed by atoms with Crippen LogP contribution in [0, 0.1) is 0 Å². The van der Waals surface area contributed by atoms with Crippen LogP contribution in [0.4, 0.5) is 0 Å². The fourth-order valence-corrected chi connectivity index (χ4v) is 0.735. The monoisotopic (exact) mass is 148 g/mol. The third-order valence-corrected chi connectivity index (χ3v) is 1.42. The third kappa shape index (κ3) is 3.77. The average molecular weight is 148 g/mol. The SMILES string of the molecule is C=CO[Si](O)(O)OC=C. The van der Waals surface area contributed by atoms with E-state index < -0.39 is 9.05 Å². The predicted molar refractivity (Wildman–Crippen MR) is 32.8 cm³/mol. The van der Waals surface area contributed by atoms with Gasteiger partial charge in [0.2, 0.25) is 0 Å². The van der Waals surface area contributed by atoms with Gasteiger partial charge in [0.25, 0.3) is 0 Å². The molecule has 9 heavy (non-hydrogen) atoms. The van der Waals surface area contributed by atoms with Crippen LogP contribution in [-0.2, 0) is 8.85 Å². The quantitative estimate of drug-likeness (QED) is 0.425. The van der Waals surface area contributed by atoms with Crippen LogP contribution in [0.5, 0.6) is 0 Å². The minimum absolute atomic E-state index is 0.899. The molecule has 0 amide bonds. The maximum Gasteiger partial charge on any atom is 0.814 e. The first kappa shape index (κ1) is 8.22. The van der Waals surface area contributed by atoms with Crippen LogP contribution >= 0.6 is 0 Å². The molecule has 4 nitrogen and oxygen atoms in total. The molecule has 0 heterocycles. The smallest absolute Gasteiger partial charge is 0.479 e. The highest BCUT2D eigenvalue weighted by Gasteiger charge is 2.39. The maximum atomic E-state index is 8.62. The second kappa shape index (κ2) is 3.28. The summed E-state index contributed by atoms with van der Waals surface area (Å²) in [6, 6.07) is 0. The lowest BCUT2D eigenvalue weighted by Gasteiger charge is -2.11. The average Bonchev–Trinajstić information content (AvgIpc) is 1.64. The lowest BCUT2D eigenvalue weighted by atomic mass is 11.2. The topological polar surface area (TPSA) is 58.9 Å². The lowest BCUT2D eigenvalue weighted by Crippen LogP contribution is -2.39. The molecule has 0 fully saturated rings. The molecule has 0 spiro atoms. The van der Waals surface area contributed by atoms with E-state index in [1.54, 1.807) is 0 Å². The summed E-state index contributed by atoms with van der Waals surface area (Å²) >= 11 is 0. The van der Waals surface area contributed by atoms with Gasteiger partial charge in [0.1, 0.15) is 0 Å². The molecular formula is C4H8O4Si. The van der Waals surface area contributed by atoms with Crippen molar-refractivity contribution >= 4 is 9.05 Å².